The molecule has 4 rings (SSSR count). The third-order valence-corrected chi connectivity index (χ3v) is 4.49. The summed E-state index contributed by atoms with van der Waals surface area (Å²) >= 11 is 0. The second kappa shape index (κ2) is 6.99. The Bertz CT molecular complexity index is 1270. The van der Waals surface area contributed by atoms with Crippen LogP contribution in [0, 0.1) is 0 Å². The van der Waals surface area contributed by atoms with Crippen molar-refractivity contribution in [1.29, 1.82) is 0 Å². The van der Waals surface area contributed by atoms with Crippen LogP contribution in [-0.4, -0.2) is 25.7 Å². The molecule has 28 heavy (non-hydrogen) atoms. The number of nitrogens with one attached hydrogen (secondary N) is 3. The van der Waals surface area contributed by atoms with Crippen molar-refractivity contribution < 1.29 is 4.79 Å². The Morgan fingerprint density at radius 1 is 1.04 bits per heavy atom. The monoisotopic (exact) mass is 375 g/mol. The number of fused-ring (bicyclic) bond motifs is 1. The summed E-state index contributed by atoms with van der Waals surface area (Å²) in [5.74, 6) is -0.295. The quantitative estimate of drug-likeness (QED) is 0.473. The van der Waals surface area contributed by atoms with Crippen LogP contribution in [0.25, 0.3) is 16.7 Å². The van der Waals surface area contributed by atoms with Crippen molar-refractivity contribution >= 4 is 16.9 Å². The van der Waals surface area contributed by atoms with Gasteiger partial charge in [-0.3, -0.25) is 14.4 Å². The molecule has 0 aliphatic rings. The maximum Gasteiger partial charge on any atom is 0.314 e. The Kier molecular flexibility index (Phi) is 4.36. The van der Waals surface area contributed by atoms with Crippen molar-refractivity contribution in [1.82, 2.24) is 25.1 Å². The molecule has 0 aliphatic carbocycles. The average molecular weight is 375 g/mol. The van der Waals surface area contributed by atoms with E-state index in [1.54, 1.807) is 23.0 Å². The van der Waals surface area contributed by atoms with E-state index in [4.69, 9.17) is 0 Å². The number of amides is 1. The summed E-state index contributed by atoms with van der Waals surface area (Å²) in [5, 5.41) is 7.22. The van der Waals surface area contributed by atoms with Crippen molar-refractivity contribution in [3.05, 3.63) is 92.8 Å². The number of benzene rings is 2. The molecule has 2 heterocycles. The lowest BCUT2D eigenvalue weighted by atomic mass is 10.1. The molecule has 4 aromatic rings. The Morgan fingerprint density at radius 2 is 1.79 bits per heavy atom. The van der Waals surface area contributed by atoms with Gasteiger partial charge in [-0.2, -0.15) is 5.10 Å². The molecule has 140 valence electrons. The number of H-pyrrole nitrogens is 2. The third-order valence-electron chi connectivity index (χ3n) is 4.49. The van der Waals surface area contributed by atoms with E-state index in [0.717, 1.165) is 11.3 Å². The topological polar surface area (TPSA) is 113 Å². The summed E-state index contributed by atoms with van der Waals surface area (Å²) in [5.41, 5.74) is 1.53. The molecule has 2 aromatic heterocycles. The predicted molar refractivity (Wildman–Crippen MR) is 105 cm³/mol. The lowest BCUT2D eigenvalue weighted by Gasteiger charge is -2.18. The van der Waals surface area contributed by atoms with Gasteiger partial charge in [-0.15, -0.1) is 0 Å². The molecule has 8 heteroatoms. The van der Waals surface area contributed by atoms with E-state index in [0.29, 0.717) is 16.6 Å². The number of hydrogen-bond acceptors (Lipinski definition) is 4. The average Bonchev–Trinajstić information content (AvgIpc) is 3.23. The van der Waals surface area contributed by atoms with Crippen molar-refractivity contribution in [2.24, 2.45) is 0 Å². The van der Waals surface area contributed by atoms with Gasteiger partial charge in [-0.05, 0) is 42.8 Å². The second-order valence-electron chi connectivity index (χ2n) is 6.37. The van der Waals surface area contributed by atoms with E-state index < -0.39 is 11.1 Å². The van der Waals surface area contributed by atoms with Crippen LogP contribution in [0.5, 0.6) is 0 Å². The molecular weight excluding hydrogens is 358 g/mol. The summed E-state index contributed by atoms with van der Waals surface area (Å²) in [6, 6.07) is 14.0. The van der Waals surface area contributed by atoms with Gasteiger partial charge in [0, 0.05) is 18.0 Å². The largest absolute Gasteiger partial charge is 0.345 e. The number of nitrogens with zero attached hydrogens (tertiary/aromatic N) is 2. The Morgan fingerprint density at radius 3 is 2.54 bits per heavy atom. The molecule has 1 atom stereocenters. The van der Waals surface area contributed by atoms with Crippen LogP contribution >= 0.6 is 0 Å². The Hall–Kier alpha value is -3.94. The molecule has 0 saturated carbocycles. The van der Waals surface area contributed by atoms with Gasteiger partial charge in [-0.1, -0.05) is 18.2 Å². The third kappa shape index (κ3) is 3.23. The molecule has 8 nitrogen and oxygen atoms in total. The van der Waals surface area contributed by atoms with Crippen LogP contribution in [-0.2, 0) is 0 Å². The van der Waals surface area contributed by atoms with Crippen LogP contribution in [0.4, 0.5) is 0 Å². The van der Waals surface area contributed by atoms with Crippen molar-refractivity contribution in [3.8, 4) is 5.69 Å². The van der Waals surface area contributed by atoms with Crippen LogP contribution in [0.3, 0.4) is 0 Å². The Labute approximate surface area is 158 Å². The normalized spacial score (nSPS) is 12.0. The van der Waals surface area contributed by atoms with Crippen LogP contribution < -0.4 is 16.4 Å². The summed E-state index contributed by atoms with van der Waals surface area (Å²) in [7, 11) is 0. The summed E-state index contributed by atoms with van der Waals surface area (Å²) in [6.45, 7) is 1.89. The first-order valence-corrected chi connectivity index (χ1v) is 8.69. The fraction of sp³-hybridized carbons (Fsp3) is 0.100. The lowest BCUT2D eigenvalue weighted by molar-refractivity contribution is 0.0940. The fourth-order valence-corrected chi connectivity index (χ4v) is 3.09. The van der Waals surface area contributed by atoms with Crippen LogP contribution in [0.15, 0.2) is 70.5 Å². The molecule has 0 saturated heterocycles. The number of carbonyl (C=O) groups is 1. The molecule has 0 aliphatic heterocycles. The number of aromatic amines is 2. The summed E-state index contributed by atoms with van der Waals surface area (Å²) in [6.07, 6.45) is 3.54. The van der Waals surface area contributed by atoms with Crippen molar-refractivity contribution in [2.75, 3.05) is 0 Å². The first-order valence-electron chi connectivity index (χ1n) is 8.69. The minimum absolute atomic E-state index is 0.279. The molecule has 3 N–H and O–H groups in total. The molecular formula is C20H17N5O3. The summed E-state index contributed by atoms with van der Waals surface area (Å²) < 4.78 is 1.75. The highest BCUT2D eigenvalue weighted by Crippen LogP contribution is 2.21. The van der Waals surface area contributed by atoms with Gasteiger partial charge in [0.1, 0.15) is 0 Å². The fourth-order valence-electron chi connectivity index (χ4n) is 3.09. The van der Waals surface area contributed by atoms with Crippen molar-refractivity contribution in [3.63, 3.8) is 0 Å². The SMILES string of the molecule is C[C@@H](NC(=O)c1ccc2[nH]c(=O)c(=O)[nH]c2c1)c1ccccc1-n1cccn1. The molecule has 1 amide bonds. The van der Waals surface area contributed by atoms with E-state index >= 15 is 0 Å². The van der Waals surface area contributed by atoms with E-state index in [1.807, 2.05) is 43.5 Å². The number of aromatic nitrogens is 4. The first kappa shape index (κ1) is 17.5. The first-order chi connectivity index (χ1) is 13.5. The zero-order valence-electron chi connectivity index (χ0n) is 15.0. The zero-order chi connectivity index (χ0) is 19.7. The standard InChI is InChI=1S/C20H17N5O3/c1-12(14-5-2-3-6-17(14)25-10-4-9-21-25)22-18(26)13-7-8-15-16(11-13)24-20(28)19(27)23-15/h2-12H,1H3,(H,22,26)(H,23,27)(H,24,28)/t12-/m1/s1. The molecule has 0 spiro atoms. The Balaban J connectivity index is 1.62. The minimum atomic E-state index is -0.758. The highest BCUT2D eigenvalue weighted by atomic mass is 16.2. The molecule has 2 aromatic carbocycles. The highest BCUT2D eigenvalue weighted by Gasteiger charge is 2.16. The lowest BCUT2D eigenvalue weighted by Crippen LogP contribution is -2.29. The number of hydrogen-bond donors (Lipinski definition) is 3. The van der Waals surface area contributed by atoms with Gasteiger partial charge in [-0.25, -0.2) is 4.68 Å². The van der Waals surface area contributed by atoms with Crippen molar-refractivity contribution in [2.45, 2.75) is 13.0 Å². The van der Waals surface area contributed by atoms with Gasteiger partial charge in [0.25, 0.3) is 5.91 Å². The van der Waals surface area contributed by atoms with Gasteiger partial charge >= 0.3 is 11.1 Å². The van der Waals surface area contributed by atoms with E-state index in [1.165, 1.54) is 6.07 Å². The second-order valence-corrected chi connectivity index (χ2v) is 6.37. The summed E-state index contributed by atoms with van der Waals surface area (Å²) in [4.78, 5) is 40.6. The van der Waals surface area contributed by atoms with Gasteiger partial charge < -0.3 is 15.3 Å². The number of carbonyl (C=O) groups excluding carboxylic acids is 1. The minimum Gasteiger partial charge on any atom is -0.345 e. The van der Waals surface area contributed by atoms with Gasteiger partial charge in [0.2, 0.25) is 0 Å². The van der Waals surface area contributed by atoms with E-state index in [-0.39, 0.29) is 11.9 Å². The maximum absolute atomic E-state index is 12.7. The van der Waals surface area contributed by atoms with Gasteiger partial charge in [0.15, 0.2) is 0 Å². The number of rotatable bonds is 4. The number of para-hydroxylation sites is 1. The predicted octanol–water partition coefficient (Wildman–Crippen LogP) is 1.89. The molecule has 0 unspecified atom stereocenters. The molecule has 0 bridgehead atoms. The van der Waals surface area contributed by atoms with E-state index in [2.05, 4.69) is 20.4 Å². The highest BCUT2D eigenvalue weighted by molar-refractivity contribution is 5.97. The van der Waals surface area contributed by atoms with Crippen LogP contribution in [0.1, 0.15) is 28.9 Å². The maximum atomic E-state index is 12.7. The molecule has 0 fully saturated rings. The van der Waals surface area contributed by atoms with E-state index in [9.17, 15) is 14.4 Å². The zero-order valence-corrected chi connectivity index (χ0v) is 15.0. The smallest absolute Gasteiger partial charge is 0.314 e. The molecule has 0 radical (unpaired) electrons. The van der Waals surface area contributed by atoms with Gasteiger partial charge in [0.05, 0.1) is 22.8 Å². The van der Waals surface area contributed by atoms with Crippen LogP contribution in [0.2, 0.25) is 0 Å².